The number of morpholine rings is 1. The molecule has 2 aliphatic carbocycles. The Labute approximate surface area is 324 Å². The number of hydrogen-bond acceptors (Lipinski definition) is 6. The van der Waals surface area contributed by atoms with Gasteiger partial charge in [0.25, 0.3) is 0 Å². The SMILES string of the molecule is O=C(O)c1ccc(N(Cc2cc(C3CC3)cc(C3CC3)c2)C(=O)CS(=O)(=O)Nc2c(F)c(F)c(F)c(F)c2Cc2cccc(Cl)c2Cl)c(N2CCOCC2)c1. The lowest BCUT2D eigenvalue weighted by molar-refractivity contribution is -0.116. The average molecular weight is 821 g/mol. The lowest BCUT2D eigenvalue weighted by atomic mass is 9.99. The van der Waals surface area contributed by atoms with Crippen molar-refractivity contribution in [2.24, 2.45) is 0 Å². The smallest absolute Gasteiger partial charge is 0.335 e. The second kappa shape index (κ2) is 15.6. The Morgan fingerprint density at radius 2 is 1.51 bits per heavy atom. The van der Waals surface area contributed by atoms with E-state index in [4.69, 9.17) is 27.9 Å². The molecule has 0 spiro atoms. The van der Waals surface area contributed by atoms with Crippen LogP contribution in [-0.4, -0.2) is 57.5 Å². The van der Waals surface area contributed by atoms with Gasteiger partial charge in [-0.1, -0.05) is 53.5 Å². The van der Waals surface area contributed by atoms with Gasteiger partial charge in [0.15, 0.2) is 23.3 Å². The van der Waals surface area contributed by atoms with E-state index in [0.717, 1.165) is 42.4 Å². The van der Waals surface area contributed by atoms with Crippen LogP contribution >= 0.6 is 23.2 Å². The highest BCUT2D eigenvalue weighted by molar-refractivity contribution is 7.93. The third-order valence-corrected chi connectivity index (χ3v) is 12.0. The number of carboxylic acids is 1. The van der Waals surface area contributed by atoms with Crippen LogP contribution in [0.3, 0.4) is 0 Å². The molecule has 1 amide bonds. The number of ether oxygens (including phenoxy) is 1. The van der Waals surface area contributed by atoms with Gasteiger partial charge in [0.05, 0.1) is 52.4 Å². The summed E-state index contributed by atoms with van der Waals surface area (Å²) in [6, 6.07) is 14.5. The van der Waals surface area contributed by atoms with E-state index in [1.807, 2.05) is 21.8 Å². The number of hydrogen-bond donors (Lipinski definition) is 2. The van der Waals surface area contributed by atoms with Gasteiger partial charge in [0.1, 0.15) is 5.75 Å². The normalized spacial score (nSPS) is 15.9. The summed E-state index contributed by atoms with van der Waals surface area (Å²) < 4.78 is 94.8. The summed E-state index contributed by atoms with van der Waals surface area (Å²) in [5.41, 5.74) is 1.33. The molecule has 3 aliphatic rings. The molecular formula is C39H35Cl2F4N3O6S. The number of anilines is 3. The van der Waals surface area contributed by atoms with E-state index in [1.165, 1.54) is 41.3 Å². The number of amides is 1. The molecule has 0 radical (unpaired) electrons. The van der Waals surface area contributed by atoms with Gasteiger partial charge >= 0.3 is 5.97 Å². The molecule has 9 nitrogen and oxygen atoms in total. The van der Waals surface area contributed by atoms with Crippen molar-refractivity contribution in [2.75, 3.05) is 46.6 Å². The molecule has 55 heavy (non-hydrogen) atoms. The maximum absolute atomic E-state index is 15.4. The highest BCUT2D eigenvalue weighted by Crippen LogP contribution is 2.46. The molecule has 2 saturated carbocycles. The predicted molar refractivity (Wildman–Crippen MR) is 201 cm³/mol. The first-order valence-electron chi connectivity index (χ1n) is 17.6. The van der Waals surface area contributed by atoms with Crippen molar-refractivity contribution in [3.8, 4) is 0 Å². The molecular weight excluding hydrogens is 785 g/mol. The van der Waals surface area contributed by atoms with E-state index in [0.29, 0.717) is 43.8 Å². The molecule has 1 heterocycles. The number of rotatable bonds is 13. The molecule has 0 unspecified atom stereocenters. The Morgan fingerprint density at radius 1 is 0.873 bits per heavy atom. The third-order valence-electron chi connectivity index (χ3n) is 9.98. The van der Waals surface area contributed by atoms with Crippen LogP contribution in [0, 0.1) is 23.3 Å². The van der Waals surface area contributed by atoms with Crippen LogP contribution in [0.5, 0.6) is 0 Å². The summed E-state index contributed by atoms with van der Waals surface area (Å²) in [5.74, 6) is -11.2. The molecule has 4 aromatic carbocycles. The molecule has 4 aromatic rings. The fraction of sp³-hybridized carbons (Fsp3) is 0.333. The fourth-order valence-corrected chi connectivity index (χ4v) is 8.30. The van der Waals surface area contributed by atoms with E-state index in [9.17, 15) is 31.9 Å². The number of carbonyl (C=O) groups excluding carboxylic acids is 1. The minimum Gasteiger partial charge on any atom is -0.478 e. The number of benzene rings is 4. The largest absolute Gasteiger partial charge is 0.478 e. The van der Waals surface area contributed by atoms with E-state index in [-0.39, 0.29) is 33.4 Å². The van der Waals surface area contributed by atoms with Crippen molar-refractivity contribution in [3.05, 3.63) is 121 Å². The van der Waals surface area contributed by atoms with E-state index in [2.05, 4.69) is 6.07 Å². The minimum atomic E-state index is -4.99. The van der Waals surface area contributed by atoms with Crippen LogP contribution in [0.2, 0.25) is 10.0 Å². The van der Waals surface area contributed by atoms with Gasteiger partial charge in [-0.2, -0.15) is 0 Å². The zero-order valence-corrected chi connectivity index (χ0v) is 31.5. The number of aromatic carboxylic acids is 1. The van der Waals surface area contributed by atoms with Crippen molar-refractivity contribution in [2.45, 2.75) is 50.5 Å². The Bertz CT molecular complexity index is 2270. The van der Waals surface area contributed by atoms with Crippen molar-refractivity contribution >= 4 is 62.2 Å². The van der Waals surface area contributed by atoms with Crippen LogP contribution in [0.25, 0.3) is 0 Å². The molecule has 3 fully saturated rings. The van der Waals surface area contributed by atoms with Gasteiger partial charge in [0.2, 0.25) is 15.9 Å². The number of nitrogens with one attached hydrogen (secondary N) is 1. The second-order valence-electron chi connectivity index (χ2n) is 14.0. The Hall–Kier alpha value is -4.37. The van der Waals surface area contributed by atoms with E-state index < -0.39 is 68.6 Å². The molecule has 0 atom stereocenters. The molecule has 1 aliphatic heterocycles. The topological polar surface area (TPSA) is 116 Å². The predicted octanol–water partition coefficient (Wildman–Crippen LogP) is 8.41. The van der Waals surface area contributed by atoms with Gasteiger partial charge in [0, 0.05) is 25.1 Å². The summed E-state index contributed by atoms with van der Waals surface area (Å²) in [6.45, 7) is 1.21. The first kappa shape index (κ1) is 38.9. The van der Waals surface area contributed by atoms with Gasteiger partial charge < -0.3 is 19.6 Å². The molecule has 290 valence electrons. The van der Waals surface area contributed by atoms with Crippen LogP contribution in [-0.2, 0) is 32.5 Å². The maximum atomic E-state index is 15.4. The summed E-state index contributed by atoms with van der Waals surface area (Å²) >= 11 is 12.3. The number of sulfonamides is 1. The summed E-state index contributed by atoms with van der Waals surface area (Å²) in [7, 11) is -4.99. The quantitative estimate of drug-likeness (QED) is 0.0791. The molecule has 1 saturated heterocycles. The second-order valence-corrected chi connectivity index (χ2v) is 16.5. The Kier molecular flexibility index (Phi) is 11.1. The number of carbonyl (C=O) groups is 2. The zero-order chi connectivity index (χ0) is 39.2. The summed E-state index contributed by atoms with van der Waals surface area (Å²) in [4.78, 5) is 29.5. The van der Waals surface area contributed by atoms with E-state index in [1.54, 1.807) is 0 Å². The summed E-state index contributed by atoms with van der Waals surface area (Å²) in [6.07, 6.45) is 3.38. The molecule has 16 heteroatoms. The average Bonchev–Trinajstić information content (AvgIpc) is 4.09. The lowest BCUT2D eigenvalue weighted by Gasteiger charge is -2.34. The van der Waals surface area contributed by atoms with Gasteiger partial charge in [-0.25, -0.2) is 30.8 Å². The fourth-order valence-electron chi connectivity index (χ4n) is 6.83. The van der Waals surface area contributed by atoms with Crippen molar-refractivity contribution in [1.82, 2.24) is 0 Å². The Balaban J connectivity index is 1.28. The number of halogens is 6. The third kappa shape index (κ3) is 8.57. The highest BCUT2D eigenvalue weighted by Gasteiger charge is 2.33. The first-order chi connectivity index (χ1) is 26.2. The number of nitrogens with zero attached hydrogens (tertiary/aromatic N) is 2. The van der Waals surface area contributed by atoms with Gasteiger partial charge in [-0.15, -0.1) is 0 Å². The number of carboxylic acid groups (broad SMARTS) is 1. The van der Waals surface area contributed by atoms with E-state index >= 15 is 8.78 Å². The molecule has 7 rings (SSSR count). The van der Waals surface area contributed by atoms with Crippen LogP contribution in [0.1, 0.15) is 75.7 Å². The molecule has 0 bridgehead atoms. The van der Waals surface area contributed by atoms with Crippen molar-refractivity contribution in [1.29, 1.82) is 0 Å². The Morgan fingerprint density at radius 3 is 2.13 bits per heavy atom. The molecule has 2 N–H and O–H groups in total. The maximum Gasteiger partial charge on any atom is 0.335 e. The van der Waals surface area contributed by atoms with Crippen LogP contribution in [0.4, 0.5) is 34.6 Å². The first-order valence-corrected chi connectivity index (χ1v) is 20.0. The minimum absolute atomic E-state index is 0.0233. The summed E-state index contributed by atoms with van der Waals surface area (Å²) in [5, 5.41) is 9.76. The van der Waals surface area contributed by atoms with Crippen LogP contribution in [0.15, 0.2) is 54.6 Å². The highest BCUT2D eigenvalue weighted by atomic mass is 35.5. The van der Waals surface area contributed by atoms with Gasteiger partial charge in [-0.05, 0) is 84.0 Å². The zero-order valence-electron chi connectivity index (χ0n) is 29.2. The molecule has 0 aromatic heterocycles. The lowest BCUT2D eigenvalue weighted by Crippen LogP contribution is -2.41. The van der Waals surface area contributed by atoms with Gasteiger partial charge in [-0.3, -0.25) is 9.52 Å². The monoisotopic (exact) mass is 819 g/mol. The van der Waals surface area contributed by atoms with Crippen molar-refractivity contribution in [3.63, 3.8) is 0 Å². The standard InChI is InChI=1S/C39H35Cl2F4N3O6S/c40-29-3-1-2-24(33(29)41)17-28-34(42)35(43)36(44)37(45)38(28)46-55(52,53)20-32(49)48(19-21-14-26(22-4-5-22)16-27(15-21)23-6-7-23)30-9-8-25(39(50)51)18-31(30)47-10-12-54-13-11-47/h1-3,8-9,14-16,18,22-23,46H,4-7,10-13,17,19-20H2,(H,50,51). The van der Waals surface area contributed by atoms with Crippen LogP contribution < -0.4 is 14.5 Å². The van der Waals surface area contributed by atoms with Crippen molar-refractivity contribution < 1.29 is 45.4 Å².